The summed E-state index contributed by atoms with van der Waals surface area (Å²) in [4.78, 5) is 10.3. The molecule has 8 heteroatoms. The van der Waals surface area contributed by atoms with Gasteiger partial charge in [-0.1, -0.05) is 19.1 Å². The SMILES string of the molecule is CCNCCS(=O)(=O)NCc1cccc([N+](=O)[O-])c1C. The smallest absolute Gasteiger partial charge is 0.272 e. The Morgan fingerprint density at radius 3 is 2.65 bits per heavy atom. The van der Waals surface area contributed by atoms with E-state index in [0.29, 0.717) is 24.2 Å². The lowest BCUT2D eigenvalue weighted by Crippen LogP contribution is -2.31. The van der Waals surface area contributed by atoms with Crippen molar-refractivity contribution in [3.05, 3.63) is 39.4 Å². The number of nitro benzene ring substituents is 1. The van der Waals surface area contributed by atoms with E-state index in [4.69, 9.17) is 0 Å². The minimum absolute atomic E-state index is 0.00523. The highest BCUT2D eigenvalue weighted by Gasteiger charge is 2.15. The first-order chi connectivity index (χ1) is 9.37. The molecule has 0 heterocycles. The molecule has 0 aliphatic carbocycles. The average molecular weight is 301 g/mol. The monoisotopic (exact) mass is 301 g/mol. The van der Waals surface area contributed by atoms with E-state index < -0.39 is 14.9 Å². The van der Waals surface area contributed by atoms with Crippen LogP contribution in [0.3, 0.4) is 0 Å². The van der Waals surface area contributed by atoms with Crippen LogP contribution < -0.4 is 10.0 Å². The Morgan fingerprint density at radius 1 is 1.35 bits per heavy atom. The maximum absolute atomic E-state index is 11.7. The van der Waals surface area contributed by atoms with Gasteiger partial charge < -0.3 is 5.32 Å². The van der Waals surface area contributed by atoms with Gasteiger partial charge in [-0.2, -0.15) is 0 Å². The Bertz CT molecular complexity index is 572. The molecule has 7 nitrogen and oxygen atoms in total. The van der Waals surface area contributed by atoms with Crippen LogP contribution >= 0.6 is 0 Å². The van der Waals surface area contributed by atoms with Crippen molar-refractivity contribution >= 4 is 15.7 Å². The molecular weight excluding hydrogens is 282 g/mol. The summed E-state index contributed by atoms with van der Waals surface area (Å²) in [5.74, 6) is -0.0190. The number of sulfonamides is 1. The van der Waals surface area contributed by atoms with Crippen LogP contribution in [0.2, 0.25) is 0 Å². The van der Waals surface area contributed by atoms with Gasteiger partial charge in [0.25, 0.3) is 5.69 Å². The lowest BCUT2D eigenvalue weighted by atomic mass is 10.1. The number of rotatable bonds is 8. The van der Waals surface area contributed by atoms with Crippen molar-refractivity contribution in [3.63, 3.8) is 0 Å². The van der Waals surface area contributed by atoms with Crippen molar-refractivity contribution in [2.24, 2.45) is 0 Å². The normalized spacial score (nSPS) is 11.5. The van der Waals surface area contributed by atoms with Gasteiger partial charge in [-0.15, -0.1) is 0 Å². The van der Waals surface area contributed by atoms with Crippen molar-refractivity contribution in [3.8, 4) is 0 Å². The van der Waals surface area contributed by atoms with Crippen molar-refractivity contribution in [2.45, 2.75) is 20.4 Å². The van der Waals surface area contributed by atoms with Gasteiger partial charge in [0.1, 0.15) is 0 Å². The van der Waals surface area contributed by atoms with Crippen LogP contribution in [0, 0.1) is 17.0 Å². The standard InChI is InChI=1S/C12H19N3O4S/c1-3-13-7-8-20(18,19)14-9-11-5-4-6-12(10(11)2)15(16)17/h4-6,13-14H,3,7-9H2,1-2H3. The zero-order valence-corrected chi connectivity index (χ0v) is 12.4. The summed E-state index contributed by atoms with van der Waals surface area (Å²) in [5.41, 5.74) is 1.08. The second kappa shape index (κ2) is 7.32. The summed E-state index contributed by atoms with van der Waals surface area (Å²) >= 11 is 0. The molecule has 1 aromatic carbocycles. The van der Waals surface area contributed by atoms with Gasteiger partial charge in [-0.05, 0) is 19.0 Å². The van der Waals surface area contributed by atoms with Gasteiger partial charge in [0.15, 0.2) is 0 Å². The van der Waals surface area contributed by atoms with Gasteiger partial charge in [-0.25, -0.2) is 13.1 Å². The van der Waals surface area contributed by atoms with Crippen LogP contribution in [0.5, 0.6) is 0 Å². The Labute approximate surface area is 118 Å². The molecule has 20 heavy (non-hydrogen) atoms. The molecule has 0 amide bonds. The lowest BCUT2D eigenvalue weighted by molar-refractivity contribution is -0.385. The lowest BCUT2D eigenvalue weighted by Gasteiger charge is -2.09. The number of nitro groups is 1. The summed E-state index contributed by atoms with van der Waals surface area (Å²) in [6, 6.07) is 4.63. The molecule has 0 bridgehead atoms. The van der Waals surface area contributed by atoms with Crippen LogP contribution in [-0.2, 0) is 16.6 Å². The third kappa shape index (κ3) is 4.87. The molecule has 0 saturated heterocycles. The van der Waals surface area contributed by atoms with Crippen molar-refractivity contribution < 1.29 is 13.3 Å². The molecule has 1 aromatic rings. The Hall–Kier alpha value is -1.51. The molecule has 0 aromatic heterocycles. The predicted molar refractivity (Wildman–Crippen MR) is 77.0 cm³/mol. The van der Waals surface area contributed by atoms with E-state index in [1.54, 1.807) is 19.1 Å². The fourth-order valence-corrected chi connectivity index (χ4v) is 2.64. The quantitative estimate of drug-likeness (QED) is 0.422. The molecule has 0 fully saturated rings. The molecule has 0 atom stereocenters. The van der Waals surface area contributed by atoms with Crippen molar-refractivity contribution in [1.29, 1.82) is 0 Å². The molecule has 1 rings (SSSR count). The van der Waals surface area contributed by atoms with Crippen LogP contribution in [0.15, 0.2) is 18.2 Å². The molecule has 0 unspecified atom stereocenters. The highest BCUT2D eigenvalue weighted by atomic mass is 32.2. The van der Waals surface area contributed by atoms with E-state index >= 15 is 0 Å². The molecule has 112 valence electrons. The van der Waals surface area contributed by atoms with E-state index in [0.717, 1.165) is 0 Å². The van der Waals surface area contributed by atoms with Crippen LogP contribution in [0.4, 0.5) is 5.69 Å². The number of nitrogens with one attached hydrogen (secondary N) is 2. The number of hydrogen-bond acceptors (Lipinski definition) is 5. The van der Waals surface area contributed by atoms with E-state index in [1.165, 1.54) is 6.07 Å². The van der Waals surface area contributed by atoms with E-state index in [9.17, 15) is 18.5 Å². The van der Waals surface area contributed by atoms with Crippen LogP contribution in [-0.4, -0.2) is 32.2 Å². The third-order valence-corrected chi connectivity index (χ3v) is 4.22. The predicted octanol–water partition coefficient (Wildman–Crippen LogP) is 0.932. The van der Waals surface area contributed by atoms with Gasteiger partial charge in [0, 0.05) is 24.7 Å². The molecule has 0 saturated carbocycles. The first-order valence-electron chi connectivity index (χ1n) is 6.28. The molecule has 0 aliphatic rings. The molecule has 0 spiro atoms. The minimum Gasteiger partial charge on any atom is -0.316 e. The zero-order valence-electron chi connectivity index (χ0n) is 11.5. The van der Waals surface area contributed by atoms with Gasteiger partial charge in [0.2, 0.25) is 10.0 Å². The highest BCUT2D eigenvalue weighted by Crippen LogP contribution is 2.20. The first kappa shape index (κ1) is 16.5. The van der Waals surface area contributed by atoms with Crippen molar-refractivity contribution in [2.75, 3.05) is 18.8 Å². The van der Waals surface area contributed by atoms with Crippen LogP contribution in [0.1, 0.15) is 18.1 Å². The fourth-order valence-electron chi connectivity index (χ4n) is 1.70. The van der Waals surface area contributed by atoms with Gasteiger partial charge in [-0.3, -0.25) is 10.1 Å². The molecule has 2 N–H and O–H groups in total. The molecule has 0 radical (unpaired) electrons. The first-order valence-corrected chi connectivity index (χ1v) is 7.93. The van der Waals surface area contributed by atoms with E-state index in [1.807, 2.05) is 6.92 Å². The van der Waals surface area contributed by atoms with E-state index in [2.05, 4.69) is 10.0 Å². The Morgan fingerprint density at radius 2 is 2.05 bits per heavy atom. The molecular formula is C12H19N3O4S. The maximum atomic E-state index is 11.7. The third-order valence-electron chi connectivity index (χ3n) is 2.89. The second-order valence-corrected chi connectivity index (χ2v) is 6.24. The summed E-state index contributed by atoms with van der Waals surface area (Å²) in [7, 11) is -3.38. The Balaban J connectivity index is 2.71. The summed E-state index contributed by atoms with van der Waals surface area (Å²) in [6.07, 6.45) is 0. The van der Waals surface area contributed by atoms with Gasteiger partial charge in [0.05, 0.1) is 10.7 Å². The van der Waals surface area contributed by atoms with E-state index in [-0.39, 0.29) is 18.0 Å². The number of hydrogen-bond donors (Lipinski definition) is 2. The summed E-state index contributed by atoms with van der Waals surface area (Å²) in [6.45, 7) is 4.65. The number of nitrogens with zero attached hydrogens (tertiary/aromatic N) is 1. The maximum Gasteiger partial charge on any atom is 0.272 e. The highest BCUT2D eigenvalue weighted by molar-refractivity contribution is 7.89. The van der Waals surface area contributed by atoms with Crippen LogP contribution in [0.25, 0.3) is 0 Å². The summed E-state index contributed by atoms with van der Waals surface area (Å²) in [5, 5.41) is 13.7. The summed E-state index contributed by atoms with van der Waals surface area (Å²) < 4.78 is 25.9. The van der Waals surface area contributed by atoms with Crippen molar-refractivity contribution in [1.82, 2.24) is 10.0 Å². The Kier molecular flexibility index (Phi) is 6.05. The van der Waals surface area contributed by atoms with Gasteiger partial charge >= 0.3 is 0 Å². The largest absolute Gasteiger partial charge is 0.316 e. The minimum atomic E-state index is -3.38. The topological polar surface area (TPSA) is 101 Å². The zero-order chi connectivity index (χ0) is 15.2. The fraction of sp³-hybridized carbons (Fsp3) is 0.500. The second-order valence-electron chi connectivity index (χ2n) is 4.31. The molecule has 0 aliphatic heterocycles. The average Bonchev–Trinajstić information content (AvgIpc) is 2.37. The number of benzene rings is 1.